The molecule has 0 unspecified atom stereocenters. The molecule has 2 heterocycles. The Kier molecular flexibility index (Phi) is 2.90. The molecule has 0 saturated carbocycles. The van der Waals surface area contributed by atoms with Crippen molar-refractivity contribution >= 4 is 22.0 Å². The monoisotopic (exact) mass is 310 g/mol. The minimum atomic E-state index is -0.255. The van der Waals surface area contributed by atoms with Crippen molar-refractivity contribution in [1.29, 1.82) is 0 Å². The summed E-state index contributed by atoms with van der Waals surface area (Å²) in [5, 5.41) is 10.5. The van der Waals surface area contributed by atoms with Crippen molar-refractivity contribution in [2.45, 2.75) is 0 Å². The Hall–Kier alpha value is -2.73. The number of nitrogens with two attached hydrogens (primary N) is 1. The average Bonchev–Trinajstić information content (AvgIpc) is 3.10. The smallest absolute Gasteiger partial charge is 0.216 e. The number of benzene rings is 2. The molecule has 0 amide bonds. The molecule has 2 N–H and O–H groups in total. The third kappa shape index (κ3) is 2.05. The number of rotatable bonds is 2. The molecule has 4 rings (SSSR count). The molecule has 2 aromatic heterocycles. The van der Waals surface area contributed by atoms with Gasteiger partial charge in [-0.3, -0.25) is 4.40 Å². The van der Waals surface area contributed by atoms with Crippen LogP contribution in [0.15, 0.2) is 53.9 Å². The average molecular weight is 310 g/mol. The lowest BCUT2D eigenvalue weighted by Gasteiger charge is -2.04. The molecule has 0 bridgehead atoms. The standard InChI is InChI=1S/C16H11FN4S/c17-12-6-4-10(5-7-12)14-9-22-16-20-19-15(21(14)16)11-2-1-3-13(18)8-11/h1-9H,18H2. The molecule has 0 spiro atoms. The largest absolute Gasteiger partial charge is 0.399 e. The molecule has 0 aliphatic rings. The predicted molar refractivity (Wildman–Crippen MR) is 86.1 cm³/mol. The third-order valence-electron chi connectivity index (χ3n) is 3.44. The van der Waals surface area contributed by atoms with Crippen molar-refractivity contribution in [2.24, 2.45) is 0 Å². The molecular weight excluding hydrogens is 299 g/mol. The third-order valence-corrected chi connectivity index (χ3v) is 4.25. The molecule has 0 aliphatic carbocycles. The van der Waals surface area contributed by atoms with Crippen molar-refractivity contribution in [2.75, 3.05) is 5.73 Å². The highest BCUT2D eigenvalue weighted by Gasteiger charge is 2.15. The number of nitrogens with zero attached hydrogens (tertiary/aromatic N) is 3. The van der Waals surface area contributed by atoms with Crippen LogP contribution in [-0.4, -0.2) is 14.6 Å². The maximum atomic E-state index is 13.1. The molecule has 0 saturated heterocycles. The summed E-state index contributed by atoms with van der Waals surface area (Å²) in [5.41, 5.74) is 9.27. The van der Waals surface area contributed by atoms with Crippen LogP contribution < -0.4 is 5.73 Å². The fourth-order valence-electron chi connectivity index (χ4n) is 2.41. The zero-order chi connectivity index (χ0) is 15.1. The van der Waals surface area contributed by atoms with E-state index in [0.717, 1.165) is 27.6 Å². The molecule has 6 heteroatoms. The lowest BCUT2D eigenvalue weighted by Crippen LogP contribution is -1.92. The number of halogens is 1. The van der Waals surface area contributed by atoms with Crippen LogP contribution in [-0.2, 0) is 0 Å². The molecule has 108 valence electrons. The first-order valence-electron chi connectivity index (χ1n) is 6.67. The van der Waals surface area contributed by atoms with Crippen molar-refractivity contribution < 1.29 is 4.39 Å². The van der Waals surface area contributed by atoms with Crippen molar-refractivity contribution in [3.05, 3.63) is 59.7 Å². The number of fused-ring (bicyclic) bond motifs is 1. The van der Waals surface area contributed by atoms with E-state index in [-0.39, 0.29) is 5.82 Å². The molecule has 4 aromatic rings. The topological polar surface area (TPSA) is 56.2 Å². The van der Waals surface area contributed by atoms with Gasteiger partial charge in [0.1, 0.15) is 5.82 Å². The van der Waals surface area contributed by atoms with Gasteiger partial charge in [-0.1, -0.05) is 12.1 Å². The zero-order valence-corrected chi connectivity index (χ0v) is 12.2. The molecule has 2 aromatic carbocycles. The number of anilines is 1. The lowest BCUT2D eigenvalue weighted by atomic mass is 10.1. The van der Waals surface area contributed by atoms with E-state index in [1.165, 1.54) is 23.5 Å². The Morgan fingerprint density at radius 3 is 2.59 bits per heavy atom. The first-order chi connectivity index (χ1) is 10.7. The molecule has 0 aliphatic heterocycles. The van der Waals surface area contributed by atoms with Crippen LogP contribution in [0.4, 0.5) is 10.1 Å². The van der Waals surface area contributed by atoms with Gasteiger partial charge < -0.3 is 5.73 Å². The molecular formula is C16H11FN4S. The van der Waals surface area contributed by atoms with Gasteiger partial charge in [0.05, 0.1) is 5.69 Å². The van der Waals surface area contributed by atoms with Gasteiger partial charge >= 0.3 is 0 Å². The van der Waals surface area contributed by atoms with Crippen molar-refractivity contribution in [1.82, 2.24) is 14.6 Å². The molecule has 22 heavy (non-hydrogen) atoms. The first kappa shape index (κ1) is 13.0. The van der Waals surface area contributed by atoms with E-state index in [2.05, 4.69) is 10.2 Å². The van der Waals surface area contributed by atoms with Crippen molar-refractivity contribution in [3.63, 3.8) is 0 Å². The maximum absolute atomic E-state index is 13.1. The van der Waals surface area contributed by atoms with E-state index in [1.54, 1.807) is 12.1 Å². The second-order valence-electron chi connectivity index (χ2n) is 4.89. The van der Waals surface area contributed by atoms with Gasteiger partial charge in [0.2, 0.25) is 4.96 Å². The van der Waals surface area contributed by atoms with Crippen LogP contribution in [0.5, 0.6) is 0 Å². The molecule has 4 nitrogen and oxygen atoms in total. The summed E-state index contributed by atoms with van der Waals surface area (Å²) in [5.74, 6) is 0.470. The van der Waals surface area contributed by atoms with Crippen LogP contribution in [0.2, 0.25) is 0 Å². The number of thiazole rings is 1. The van der Waals surface area contributed by atoms with Gasteiger partial charge in [0.25, 0.3) is 0 Å². The summed E-state index contributed by atoms with van der Waals surface area (Å²) in [6, 6.07) is 13.9. The minimum absolute atomic E-state index is 0.255. The van der Waals surface area contributed by atoms with Gasteiger partial charge in [0.15, 0.2) is 5.82 Å². The van der Waals surface area contributed by atoms with E-state index >= 15 is 0 Å². The Morgan fingerprint density at radius 2 is 1.82 bits per heavy atom. The summed E-state index contributed by atoms with van der Waals surface area (Å²) < 4.78 is 15.1. The number of aromatic nitrogens is 3. The maximum Gasteiger partial charge on any atom is 0.216 e. The molecule has 0 atom stereocenters. The van der Waals surface area contributed by atoms with Crippen molar-refractivity contribution in [3.8, 4) is 22.6 Å². The Labute approximate surface area is 129 Å². The summed E-state index contributed by atoms with van der Waals surface area (Å²) in [6.07, 6.45) is 0. The van der Waals surface area contributed by atoms with Crippen LogP contribution in [0.3, 0.4) is 0 Å². The van der Waals surface area contributed by atoms with E-state index in [0.29, 0.717) is 5.69 Å². The van der Waals surface area contributed by atoms with Crippen LogP contribution in [0.25, 0.3) is 27.6 Å². The zero-order valence-electron chi connectivity index (χ0n) is 11.4. The fraction of sp³-hybridized carbons (Fsp3) is 0. The van der Waals surface area contributed by atoms with E-state index in [4.69, 9.17) is 5.73 Å². The van der Waals surface area contributed by atoms with Crippen LogP contribution >= 0.6 is 11.3 Å². The highest BCUT2D eigenvalue weighted by Crippen LogP contribution is 2.30. The van der Waals surface area contributed by atoms with Gasteiger partial charge in [-0.25, -0.2) is 4.39 Å². The molecule has 0 fully saturated rings. The van der Waals surface area contributed by atoms with E-state index < -0.39 is 0 Å². The number of hydrogen-bond donors (Lipinski definition) is 1. The summed E-state index contributed by atoms with van der Waals surface area (Å²) >= 11 is 1.50. The summed E-state index contributed by atoms with van der Waals surface area (Å²) in [7, 11) is 0. The van der Waals surface area contributed by atoms with Crippen LogP contribution in [0.1, 0.15) is 0 Å². The highest BCUT2D eigenvalue weighted by atomic mass is 32.1. The first-order valence-corrected chi connectivity index (χ1v) is 7.55. The summed E-state index contributed by atoms with van der Waals surface area (Å²) in [4.78, 5) is 0.789. The fourth-order valence-corrected chi connectivity index (χ4v) is 3.24. The lowest BCUT2D eigenvalue weighted by molar-refractivity contribution is 0.628. The quantitative estimate of drug-likeness (QED) is 0.572. The number of hydrogen-bond acceptors (Lipinski definition) is 4. The Morgan fingerprint density at radius 1 is 1.00 bits per heavy atom. The predicted octanol–water partition coefficient (Wildman–Crippen LogP) is 3.85. The number of nitrogen functional groups attached to an aromatic ring is 1. The van der Waals surface area contributed by atoms with E-state index in [9.17, 15) is 4.39 Å². The van der Waals surface area contributed by atoms with Gasteiger partial charge in [-0.15, -0.1) is 21.5 Å². The minimum Gasteiger partial charge on any atom is -0.399 e. The Bertz CT molecular complexity index is 956. The van der Waals surface area contributed by atoms with Crippen LogP contribution in [0, 0.1) is 5.82 Å². The molecule has 0 radical (unpaired) electrons. The normalized spacial score (nSPS) is 11.1. The summed E-state index contributed by atoms with van der Waals surface area (Å²) in [6.45, 7) is 0. The van der Waals surface area contributed by atoms with Gasteiger partial charge in [-0.05, 0) is 42.0 Å². The van der Waals surface area contributed by atoms with Gasteiger partial charge in [0, 0.05) is 16.6 Å². The Balaban J connectivity index is 1.94. The highest BCUT2D eigenvalue weighted by molar-refractivity contribution is 7.15. The van der Waals surface area contributed by atoms with E-state index in [1.807, 2.05) is 34.0 Å². The SMILES string of the molecule is Nc1cccc(-c2nnc3scc(-c4ccc(F)cc4)n23)c1. The second kappa shape index (κ2) is 4.92. The van der Waals surface area contributed by atoms with Gasteiger partial charge in [-0.2, -0.15) is 0 Å². The second-order valence-corrected chi connectivity index (χ2v) is 5.73.